The van der Waals surface area contributed by atoms with E-state index in [0.29, 0.717) is 28.7 Å². The molecule has 2 bridgehead atoms. The van der Waals surface area contributed by atoms with Crippen molar-refractivity contribution < 1.29 is 24.2 Å². The minimum absolute atomic E-state index is 0.0255. The van der Waals surface area contributed by atoms with Crippen LogP contribution in [0.5, 0.6) is 11.5 Å². The highest BCUT2D eigenvalue weighted by Gasteiger charge is 2.57. The summed E-state index contributed by atoms with van der Waals surface area (Å²) in [4.78, 5) is 25.7. The highest BCUT2D eigenvalue weighted by molar-refractivity contribution is 5.97. The summed E-state index contributed by atoms with van der Waals surface area (Å²) in [6.07, 6.45) is 1.54. The van der Waals surface area contributed by atoms with Gasteiger partial charge in [0.15, 0.2) is 0 Å². The SMILES string of the molecule is C=CC(=O)Oc1ccc(OC(=O)C2CC3c4ccccc4C2(O)c2ccc(C(C)(C)C)cc23)c2ccccc12. The zero-order chi connectivity index (χ0) is 27.5. The third-order valence-corrected chi connectivity index (χ3v) is 8.14. The van der Waals surface area contributed by atoms with Crippen molar-refractivity contribution in [2.24, 2.45) is 5.92 Å². The Bertz CT molecular complexity index is 1660. The molecule has 3 aliphatic carbocycles. The molecule has 0 aliphatic heterocycles. The molecule has 1 N–H and O–H groups in total. The van der Waals surface area contributed by atoms with Gasteiger partial charge in [0.05, 0.1) is 5.92 Å². The smallest absolute Gasteiger partial charge is 0.335 e. The lowest BCUT2D eigenvalue weighted by Crippen LogP contribution is -2.51. The number of carbonyl (C=O) groups excluding carboxylic acids is 2. The molecule has 3 atom stereocenters. The van der Waals surface area contributed by atoms with Crippen LogP contribution in [0.1, 0.15) is 60.9 Å². The summed E-state index contributed by atoms with van der Waals surface area (Å²) in [6.45, 7) is 9.97. The first-order chi connectivity index (χ1) is 18.6. The number of hydrogen-bond donors (Lipinski definition) is 1. The van der Waals surface area contributed by atoms with Gasteiger partial charge in [-0.05, 0) is 51.8 Å². The molecule has 4 aromatic rings. The van der Waals surface area contributed by atoms with Crippen LogP contribution in [0.15, 0.2) is 91.5 Å². The van der Waals surface area contributed by atoms with Crippen LogP contribution >= 0.6 is 0 Å². The van der Waals surface area contributed by atoms with Gasteiger partial charge in [0.2, 0.25) is 0 Å². The fourth-order valence-electron chi connectivity index (χ4n) is 6.18. The molecule has 0 spiro atoms. The summed E-state index contributed by atoms with van der Waals surface area (Å²) in [5, 5.41) is 13.7. The third kappa shape index (κ3) is 3.88. The zero-order valence-electron chi connectivity index (χ0n) is 22.2. The maximum atomic E-state index is 13.9. The van der Waals surface area contributed by atoms with Gasteiger partial charge in [0.1, 0.15) is 17.1 Å². The van der Waals surface area contributed by atoms with Gasteiger partial charge in [-0.3, -0.25) is 4.79 Å². The van der Waals surface area contributed by atoms with Crippen LogP contribution < -0.4 is 9.47 Å². The van der Waals surface area contributed by atoms with Crippen molar-refractivity contribution in [1.29, 1.82) is 0 Å². The number of aliphatic hydroxyl groups is 1. The topological polar surface area (TPSA) is 72.8 Å². The molecule has 39 heavy (non-hydrogen) atoms. The Morgan fingerprint density at radius 2 is 1.49 bits per heavy atom. The van der Waals surface area contributed by atoms with E-state index < -0.39 is 23.5 Å². The minimum atomic E-state index is -1.51. The van der Waals surface area contributed by atoms with Crippen molar-refractivity contribution in [3.05, 3.63) is 119 Å². The van der Waals surface area contributed by atoms with Crippen molar-refractivity contribution in [1.82, 2.24) is 0 Å². The Morgan fingerprint density at radius 3 is 2.15 bits per heavy atom. The van der Waals surface area contributed by atoms with Gasteiger partial charge in [0, 0.05) is 22.8 Å². The maximum absolute atomic E-state index is 13.9. The van der Waals surface area contributed by atoms with E-state index in [1.807, 2.05) is 42.5 Å². The third-order valence-electron chi connectivity index (χ3n) is 8.14. The van der Waals surface area contributed by atoms with Crippen LogP contribution in [-0.4, -0.2) is 17.0 Å². The fraction of sp³-hybridized carbons (Fsp3) is 0.235. The van der Waals surface area contributed by atoms with E-state index in [2.05, 4.69) is 45.5 Å². The van der Waals surface area contributed by atoms with Crippen molar-refractivity contribution in [2.45, 2.75) is 44.1 Å². The second kappa shape index (κ2) is 8.92. The lowest BCUT2D eigenvalue weighted by molar-refractivity contribution is -0.149. The Kier molecular flexibility index (Phi) is 5.74. The molecule has 0 fully saturated rings. The molecule has 5 nitrogen and oxygen atoms in total. The number of rotatable bonds is 4. The normalized spacial score (nSPS) is 21.1. The number of hydrogen-bond acceptors (Lipinski definition) is 5. The molecule has 3 unspecified atom stereocenters. The summed E-state index contributed by atoms with van der Waals surface area (Å²) in [6, 6.07) is 24.6. The van der Waals surface area contributed by atoms with Gasteiger partial charge in [-0.15, -0.1) is 0 Å². The number of carbonyl (C=O) groups is 2. The van der Waals surface area contributed by atoms with Crippen LogP contribution in [-0.2, 0) is 20.6 Å². The summed E-state index contributed by atoms with van der Waals surface area (Å²) < 4.78 is 11.4. The molecular weight excluding hydrogens is 488 g/mol. The molecule has 0 saturated carbocycles. The highest BCUT2D eigenvalue weighted by Crippen LogP contribution is 2.58. The Balaban J connectivity index is 1.41. The van der Waals surface area contributed by atoms with E-state index in [9.17, 15) is 14.7 Å². The second-order valence-corrected chi connectivity index (χ2v) is 11.4. The summed E-state index contributed by atoms with van der Waals surface area (Å²) in [5.74, 6) is -1.19. The van der Waals surface area contributed by atoms with E-state index in [-0.39, 0.29) is 11.3 Å². The molecule has 196 valence electrons. The van der Waals surface area contributed by atoms with Crippen LogP contribution in [0.25, 0.3) is 10.8 Å². The Hall–Kier alpha value is -4.22. The predicted molar refractivity (Wildman–Crippen MR) is 150 cm³/mol. The fourth-order valence-corrected chi connectivity index (χ4v) is 6.18. The molecule has 3 aliphatic rings. The number of ether oxygens (including phenoxy) is 2. The molecule has 0 amide bonds. The second-order valence-electron chi connectivity index (χ2n) is 11.4. The van der Waals surface area contributed by atoms with Gasteiger partial charge in [-0.1, -0.05) is 94.1 Å². The maximum Gasteiger partial charge on any atom is 0.335 e. The molecular formula is C34H30O5. The van der Waals surface area contributed by atoms with Crippen LogP contribution in [0.4, 0.5) is 0 Å². The van der Waals surface area contributed by atoms with E-state index in [4.69, 9.17) is 9.47 Å². The lowest BCUT2D eigenvalue weighted by Gasteiger charge is -2.50. The van der Waals surface area contributed by atoms with E-state index in [1.54, 1.807) is 18.2 Å². The Labute approximate surface area is 227 Å². The van der Waals surface area contributed by atoms with Crippen LogP contribution in [0.2, 0.25) is 0 Å². The zero-order valence-corrected chi connectivity index (χ0v) is 22.2. The van der Waals surface area contributed by atoms with Crippen LogP contribution in [0.3, 0.4) is 0 Å². The summed E-state index contributed by atoms with van der Waals surface area (Å²) in [7, 11) is 0. The molecule has 0 saturated heterocycles. The van der Waals surface area contributed by atoms with Crippen LogP contribution in [0, 0.1) is 5.92 Å². The van der Waals surface area contributed by atoms with Gasteiger partial charge >= 0.3 is 11.9 Å². The first-order valence-electron chi connectivity index (χ1n) is 13.2. The van der Waals surface area contributed by atoms with Crippen molar-refractivity contribution in [3.8, 4) is 11.5 Å². The Morgan fingerprint density at radius 1 is 0.872 bits per heavy atom. The number of fused-ring (bicyclic) bond motifs is 2. The lowest BCUT2D eigenvalue weighted by atomic mass is 9.56. The molecule has 4 aromatic carbocycles. The molecule has 0 radical (unpaired) electrons. The quantitative estimate of drug-likeness (QED) is 0.189. The van der Waals surface area contributed by atoms with Gasteiger partial charge < -0.3 is 14.6 Å². The summed E-state index contributed by atoms with van der Waals surface area (Å²) in [5.41, 5.74) is 3.30. The molecule has 0 heterocycles. The van der Waals surface area contributed by atoms with Crippen molar-refractivity contribution in [3.63, 3.8) is 0 Å². The largest absolute Gasteiger partial charge is 0.426 e. The summed E-state index contributed by atoms with van der Waals surface area (Å²) >= 11 is 0. The predicted octanol–water partition coefficient (Wildman–Crippen LogP) is 6.54. The first kappa shape index (κ1) is 25.1. The van der Waals surface area contributed by atoms with E-state index >= 15 is 0 Å². The number of esters is 2. The monoisotopic (exact) mass is 518 g/mol. The average molecular weight is 519 g/mol. The van der Waals surface area contributed by atoms with Crippen molar-refractivity contribution in [2.75, 3.05) is 0 Å². The van der Waals surface area contributed by atoms with Gasteiger partial charge in [-0.25, -0.2) is 4.79 Å². The molecule has 7 rings (SSSR count). The molecule has 5 heteroatoms. The van der Waals surface area contributed by atoms with E-state index in [0.717, 1.165) is 28.3 Å². The van der Waals surface area contributed by atoms with Gasteiger partial charge in [0.25, 0.3) is 0 Å². The molecule has 0 aromatic heterocycles. The highest BCUT2D eigenvalue weighted by atomic mass is 16.5. The van der Waals surface area contributed by atoms with Crippen molar-refractivity contribution >= 4 is 22.7 Å². The van der Waals surface area contributed by atoms with E-state index in [1.165, 1.54) is 5.56 Å². The average Bonchev–Trinajstić information content (AvgIpc) is 2.93. The minimum Gasteiger partial charge on any atom is -0.426 e. The number of benzene rings is 4. The standard InChI is InChI=1S/C34H30O5/c1-5-31(35)38-29-16-17-30(23-12-7-6-11-22(23)29)39-32(36)28-19-24-21-10-8-9-13-26(21)34(28,37)27-15-14-20(18-25(24)27)33(2,3)4/h5-18,24,28,37H,1,19H2,2-4H3. The first-order valence-corrected chi connectivity index (χ1v) is 13.2. The van der Waals surface area contributed by atoms with Gasteiger partial charge in [-0.2, -0.15) is 0 Å².